The summed E-state index contributed by atoms with van der Waals surface area (Å²) in [6, 6.07) is 7.58. The zero-order chi connectivity index (χ0) is 17.5. The van der Waals surface area contributed by atoms with Gasteiger partial charge in [-0.2, -0.15) is 15.0 Å². The van der Waals surface area contributed by atoms with Gasteiger partial charge < -0.3 is 20.3 Å². The number of ether oxygens (including phenoxy) is 1. The summed E-state index contributed by atoms with van der Waals surface area (Å²) >= 11 is 0. The van der Waals surface area contributed by atoms with Crippen LogP contribution >= 0.6 is 0 Å². The maximum Gasteiger partial charge on any atom is 0.321 e. The van der Waals surface area contributed by atoms with Crippen molar-refractivity contribution in [1.29, 1.82) is 0 Å². The average Bonchev–Trinajstić information content (AvgIpc) is 2.60. The van der Waals surface area contributed by atoms with E-state index in [9.17, 15) is 4.79 Å². The normalized spacial score (nSPS) is 10.2. The molecule has 1 aromatic carbocycles. The Morgan fingerprint density at radius 1 is 1.17 bits per heavy atom. The molecule has 0 saturated carbocycles. The standard InChI is InChI=1S/C16H22N6O2/c1-5-11-6-8-12(9-7-11)18-15(23)17-10-13-19-14(22(2)3)21-16(20-13)24-4/h6-9H,5,10H2,1-4H3,(H2,17,18,23). The van der Waals surface area contributed by atoms with Crippen LogP contribution in [0.2, 0.25) is 0 Å². The molecule has 0 aliphatic rings. The molecule has 0 aliphatic heterocycles. The number of urea groups is 1. The summed E-state index contributed by atoms with van der Waals surface area (Å²) in [5.41, 5.74) is 1.95. The van der Waals surface area contributed by atoms with Gasteiger partial charge in [-0.05, 0) is 24.1 Å². The van der Waals surface area contributed by atoms with Gasteiger partial charge in [-0.1, -0.05) is 19.1 Å². The molecule has 0 spiro atoms. The molecule has 0 unspecified atom stereocenters. The van der Waals surface area contributed by atoms with Gasteiger partial charge in [0.05, 0.1) is 13.7 Å². The van der Waals surface area contributed by atoms with E-state index in [4.69, 9.17) is 4.74 Å². The molecular formula is C16H22N6O2. The highest BCUT2D eigenvalue weighted by Crippen LogP contribution is 2.11. The van der Waals surface area contributed by atoms with Crippen molar-refractivity contribution in [3.8, 4) is 6.01 Å². The zero-order valence-corrected chi connectivity index (χ0v) is 14.3. The Kier molecular flexibility index (Phi) is 5.89. The first-order valence-corrected chi connectivity index (χ1v) is 7.62. The second-order valence-corrected chi connectivity index (χ2v) is 5.29. The van der Waals surface area contributed by atoms with Gasteiger partial charge in [0.15, 0.2) is 5.82 Å². The lowest BCUT2D eigenvalue weighted by Crippen LogP contribution is -2.29. The van der Waals surface area contributed by atoms with Crippen molar-refractivity contribution in [2.75, 3.05) is 31.4 Å². The highest BCUT2D eigenvalue weighted by Gasteiger charge is 2.10. The van der Waals surface area contributed by atoms with E-state index < -0.39 is 0 Å². The Hall–Kier alpha value is -2.90. The van der Waals surface area contributed by atoms with Gasteiger partial charge in [-0.3, -0.25) is 0 Å². The summed E-state index contributed by atoms with van der Waals surface area (Å²) < 4.78 is 5.05. The van der Waals surface area contributed by atoms with Crippen LogP contribution in [0.1, 0.15) is 18.3 Å². The van der Waals surface area contributed by atoms with Crippen LogP contribution in [0, 0.1) is 0 Å². The minimum atomic E-state index is -0.329. The maximum atomic E-state index is 12.0. The fraction of sp³-hybridized carbons (Fsp3) is 0.375. The van der Waals surface area contributed by atoms with Crippen molar-refractivity contribution in [3.63, 3.8) is 0 Å². The fourth-order valence-corrected chi connectivity index (χ4v) is 1.92. The van der Waals surface area contributed by atoms with Crippen LogP contribution in [0.25, 0.3) is 0 Å². The molecule has 24 heavy (non-hydrogen) atoms. The Bertz CT molecular complexity index is 687. The van der Waals surface area contributed by atoms with E-state index >= 15 is 0 Å². The first-order chi connectivity index (χ1) is 11.5. The molecule has 0 bridgehead atoms. The number of carbonyl (C=O) groups is 1. The molecule has 2 amide bonds. The Labute approximate surface area is 141 Å². The Morgan fingerprint density at radius 2 is 1.88 bits per heavy atom. The predicted molar refractivity (Wildman–Crippen MR) is 92.4 cm³/mol. The Morgan fingerprint density at radius 3 is 2.46 bits per heavy atom. The van der Waals surface area contributed by atoms with Gasteiger partial charge >= 0.3 is 12.0 Å². The molecular weight excluding hydrogens is 308 g/mol. The number of benzene rings is 1. The van der Waals surface area contributed by atoms with E-state index in [-0.39, 0.29) is 18.6 Å². The van der Waals surface area contributed by atoms with Crippen LogP contribution in [0.4, 0.5) is 16.4 Å². The lowest BCUT2D eigenvalue weighted by molar-refractivity contribution is 0.251. The Balaban J connectivity index is 1.96. The lowest BCUT2D eigenvalue weighted by Gasteiger charge is -2.12. The van der Waals surface area contributed by atoms with Crippen molar-refractivity contribution in [1.82, 2.24) is 20.3 Å². The third kappa shape index (κ3) is 4.80. The van der Waals surface area contributed by atoms with Crippen LogP contribution in [0.15, 0.2) is 24.3 Å². The van der Waals surface area contributed by atoms with Crippen LogP contribution in [0.5, 0.6) is 6.01 Å². The molecule has 1 aromatic heterocycles. The molecule has 1 heterocycles. The van der Waals surface area contributed by atoms with Crippen molar-refractivity contribution >= 4 is 17.7 Å². The number of aryl methyl sites for hydroxylation is 1. The molecule has 2 N–H and O–H groups in total. The number of carbonyl (C=O) groups excluding carboxylic acids is 1. The smallest absolute Gasteiger partial charge is 0.321 e. The van der Waals surface area contributed by atoms with Gasteiger partial charge in [-0.15, -0.1) is 0 Å². The summed E-state index contributed by atoms with van der Waals surface area (Å²) in [6.45, 7) is 2.25. The molecule has 0 aliphatic carbocycles. The number of hydrogen-bond acceptors (Lipinski definition) is 6. The zero-order valence-electron chi connectivity index (χ0n) is 14.3. The molecule has 0 radical (unpaired) electrons. The topological polar surface area (TPSA) is 92.3 Å². The number of hydrogen-bond donors (Lipinski definition) is 2. The number of amides is 2. The van der Waals surface area contributed by atoms with E-state index in [1.54, 1.807) is 4.90 Å². The van der Waals surface area contributed by atoms with Crippen LogP contribution < -0.4 is 20.3 Å². The minimum Gasteiger partial charge on any atom is -0.467 e. The first kappa shape index (κ1) is 17.5. The van der Waals surface area contributed by atoms with Crippen molar-refractivity contribution in [2.24, 2.45) is 0 Å². The van der Waals surface area contributed by atoms with E-state index in [2.05, 4.69) is 32.5 Å². The number of rotatable bonds is 6. The first-order valence-electron chi connectivity index (χ1n) is 7.62. The molecule has 0 fully saturated rings. The second-order valence-electron chi connectivity index (χ2n) is 5.29. The number of anilines is 2. The summed E-state index contributed by atoms with van der Waals surface area (Å²) in [5.74, 6) is 0.885. The highest BCUT2D eigenvalue weighted by atomic mass is 16.5. The number of methoxy groups -OCH3 is 1. The van der Waals surface area contributed by atoms with Crippen LogP contribution in [0.3, 0.4) is 0 Å². The quantitative estimate of drug-likeness (QED) is 0.839. The minimum absolute atomic E-state index is 0.165. The van der Waals surface area contributed by atoms with Crippen LogP contribution in [-0.2, 0) is 13.0 Å². The van der Waals surface area contributed by atoms with Crippen molar-refractivity contribution in [2.45, 2.75) is 19.9 Å². The summed E-state index contributed by atoms with van der Waals surface area (Å²) in [7, 11) is 5.12. The van der Waals surface area contributed by atoms with Gasteiger partial charge in [0.2, 0.25) is 5.95 Å². The summed E-state index contributed by atoms with van der Waals surface area (Å²) in [5, 5.41) is 5.48. The molecule has 2 rings (SSSR count). The van der Waals surface area contributed by atoms with E-state index in [1.807, 2.05) is 38.4 Å². The monoisotopic (exact) mass is 330 g/mol. The summed E-state index contributed by atoms with van der Waals surface area (Å²) in [4.78, 5) is 26.2. The number of nitrogens with one attached hydrogen (secondary N) is 2. The molecule has 128 valence electrons. The van der Waals surface area contributed by atoms with E-state index in [0.717, 1.165) is 12.1 Å². The van der Waals surface area contributed by atoms with Crippen molar-refractivity contribution < 1.29 is 9.53 Å². The molecule has 8 nitrogen and oxygen atoms in total. The van der Waals surface area contributed by atoms with E-state index in [0.29, 0.717) is 11.8 Å². The highest BCUT2D eigenvalue weighted by molar-refractivity contribution is 5.89. The van der Waals surface area contributed by atoms with Crippen LogP contribution in [-0.4, -0.2) is 42.2 Å². The number of aromatic nitrogens is 3. The molecule has 2 aromatic rings. The van der Waals surface area contributed by atoms with Gasteiger partial charge in [0.1, 0.15) is 0 Å². The van der Waals surface area contributed by atoms with Crippen molar-refractivity contribution in [3.05, 3.63) is 35.7 Å². The number of nitrogens with zero attached hydrogens (tertiary/aromatic N) is 4. The fourth-order valence-electron chi connectivity index (χ4n) is 1.92. The average molecular weight is 330 g/mol. The maximum absolute atomic E-state index is 12.0. The predicted octanol–water partition coefficient (Wildman–Crippen LogP) is 1.83. The van der Waals surface area contributed by atoms with Gasteiger partial charge in [0.25, 0.3) is 0 Å². The third-order valence-electron chi connectivity index (χ3n) is 3.26. The third-order valence-corrected chi connectivity index (χ3v) is 3.26. The lowest BCUT2D eigenvalue weighted by atomic mass is 10.1. The largest absolute Gasteiger partial charge is 0.467 e. The molecule has 0 saturated heterocycles. The molecule has 0 atom stereocenters. The van der Waals surface area contributed by atoms with E-state index in [1.165, 1.54) is 12.7 Å². The SMILES string of the molecule is CCc1ccc(NC(=O)NCc2nc(OC)nc(N(C)C)n2)cc1. The summed E-state index contributed by atoms with van der Waals surface area (Å²) in [6.07, 6.45) is 0.960. The van der Waals surface area contributed by atoms with Gasteiger partial charge in [0, 0.05) is 19.8 Å². The molecule has 8 heteroatoms. The van der Waals surface area contributed by atoms with Gasteiger partial charge in [-0.25, -0.2) is 4.79 Å². The second kappa shape index (κ2) is 8.09.